The zero-order valence-corrected chi connectivity index (χ0v) is 19.0. The number of fused-ring (bicyclic) bond motifs is 1. The van der Waals surface area contributed by atoms with Crippen molar-refractivity contribution >= 4 is 11.9 Å². The average Bonchev–Trinajstić information content (AvgIpc) is 3.23. The Kier molecular flexibility index (Phi) is 6.45. The number of rotatable bonds is 7. The van der Waals surface area contributed by atoms with Gasteiger partial charge in [-0.1, -0.05) is 80.6 Å². The summed E-state index contributed by atoms with van der Waals surface area (Å²) < 4.78 is 5.08. The van der Waals surface area contributed by atoms with Crippen LogP contribution in [0.1, 0.15) is 37.8 Å². The maximum atomic E-state index is 12.0. The van der Waals surface area contributed by atoms with E-state index in [2.05, 4.69) is 84.7 Å². The standard InChI is InChI=1S/C27H31N3O2/c1-4-32-26(31)29-19-27(2,3)24(20-11-7-5-8-12-20)22-15-16-30-23(17-22)18-28-25(30)21-13-9-6-10-14-21/h5-15,17,24H,4,16,18-19H2,1-3H3,(H,29,31). The zero-order valence-electron chi connectivity index (χ0n) is 19.0. The van der Waals surface area contributed by atoms with Gasteiger partial charge in [-0.05, 0) is 29.6 Å². The van der Waals surface area contributed by atoms with Gasteiger partial charge in [-0.15, -0.1) is 0 Å². The first-order valence-electron chi connectivity index (χ1n) is 11.2. The van der Waals surface area contributed by atoms with Gasteiger partial charge in [0.15, 0.2) is 0 Å². The summed E-state index contributed by atoms with van der Waals surface area (Å²) in [6, 6.07) is 20.9. The molecule has 0 aliphatic carbocycles. The molecular weight excluding hydrogens is 398 g/mol. The monoisotopic (exact) mass is 429 g/mol. The van der Waals surface area contributed by atoms with E-state index in [0.717, 1.165) is 17.9 Å². The molecule has 2 aliphatic heterocycles. The van der Waals surface area contributed by atoms with Gasteiger partial charge < -0.3 is 15.0 Å². The molecule has 1 N–H and O–H groups in total. The van der Waals surface area contributed by atoms with Gasteiger partial charge in [0.05, 0.1) is 13.2 Å². The Morgan fingerprint density at radius 1 is 1.12 bits per heavy atom. The van der Waals surface area contributed by atoms with E-state index < -0.39 is 0 Å². The molecule has 2 aliphatic rings. The number of amidine groups is 1. The molecule has 1 atom stereocenters. The van der Waals surface area contributed by atoms with Crippen LogP contribution in [0, 0.1) is 5.41 Å². The van der Waals surface area contributed by atoms with Gasteiger partial charge in [-0.25, -0.2) is 4.79 Å². The Morgan fingerprint density at radius 3 is 2.50 bits per heavy atom. The summed E-state index contributed by atoms with van der Waals surface area (Å²) in [5.41, 5.74) is 4.65. The fourth-order valence-electron chi connectivity index (χ4n) is 4.60. The minimum atomic E-state index is -0.369. The van der Waals surface area contributed by atoms with E-state index in [1.807, 2.05) is 19.1 Å². The molecule has 5 nitrogen and oxygen atoms in total. The topological polar surface area (TPSA) is 53.9 Å². The van der Waals surface area contributed by atoms with E-state index in [0.29, 0.717) is 19.7 Å². The van der Waals surface area contributed by atoms with Gasteiger partial charge >= 0.3 is 6.09 Å². The summed E-state index contributed by atoms with van der Waals surface area (Å²) in [5.74, 6) is 1.16. The number of amides is 1. The second-order valence-corrected chi connectivity index (χ2v) is 8.86. The molecule has 0 aromatic heterocycles. The molecule has 5 heteroatoms. The Labute approximate surface area is 190 Å². The number of nitrogens with one attached hydrogen (secondary N) is 1. The summed E-state index contributed by atoms with van der Waals surface area (Å²) >= 11 is 0. The second-order valence-electron chi connectivity index (χ2n) is 8.86. The zero-order chi connectivity index (χ0) is 22.6. The van der Waals surface area contributed by atoms with Crippen LogP contribution >= 0.6 is 0 Å². The molecule has 1 amide bonds. The van der Waals surface area contributed by atoms with Gasteiger partial charge in [-0.2, -0.15) is 0 Å². The molecule has 4 rings (SSSR count). The number of carbonyl (C=O) groups is 1. The van der Waals surface area contributed by atoms with Gasteiger partial charge in [0.1, 0.15) is 5.84 Å². The highest BCUT2D eigenvalue weighted by Crippen LogP contribution is 2.43. The number of hydrogen-bond donors (Lipinski definition) is 1. The molecule has 2 aromatic carbocycles. The third-order valence-corrected chi connectivity index (χ3v) is 6.08. The van der Waals surface area contributed by atoms with Crippen molar-refractivity contribution in [3.8, 4) is 0 Å². The Morgan fingerprint density at radius 2 is 1.81 bits per heavy atom. The van der Waals surface area contributed by atoms with Gasteiger partial charge in [0, 0.05) is 30.3 Å². The molecule has 2 heterocycles. The number of hydrogen-bond acceptors (Lipinski definition) is 4. The van der Waals surface area contributed by atoms with Crippen LogP contribution in [-0.4, -0.2) is 43.1 Å². The van der Waals surface area contributed by atoms with E-state index in [-0.39, 0.29) is 17.4 Å². The van der Waals surface area contributed by atoms with E-state index >= 15 is 0 Å². The molecular formula is C27H31N3O2. The number of carbonyl (C=O) groups excluding carboxylic acids is 1. The van der Waals surface area contributed by atoms with Crippen LogP contribution in [-0.2, 0) is 4.74 Å². The lowest BCUT2D eigenvalue weighted by Crippen LogP contribution is -2.39. The molecule has 166 valence electrons. The van der Waals surface area contributed by atoms with Crippen LogP contribution in [0.25, 0.3) is 0 Å². The lowest BCUT2D eigenvalue weighted by Gasteiger charge is -2.38. The third-order valence-electron chi connectivity index (χ3n) is 6.08. The number of ether oxygens (including phenoxy) is 1. The van der Waals surface area contributed by atoms with Crippen molar-refractivity contribution in [2.24, 2.45) is 10.4 Å². The van der Waals surface area contributed by atoms with Crippen molar-refractivity contribution in [3.63, 3.8) is 0 Å². The first kappa shape index (κ1) is 21.9. The van der Waals surface area contributed by atoms with E-state index in [1.165, 1.54) is 16.8 Å². The van der Waals surface area contributed by atoms with Gasteiger partial charge in [0.25, 0.3) is 0 Å². The van der Waals surface area contributed by atoms with Crippen molar-refractivity contribution < 1.29 is 9.53 Å². The number of benzene rings is 2. The second kappa shape index (κ2) is 9.43. The first-order valence-corrected chi connectivity index (χ1v) is 11.2. The predicted molar refractivity (Wildman–Crippen MR) is 129 cm³/mol. The molecule has 0 fully saturated rings. The van der Waals surface area contributed by atoms with Crippen molar-refractivity contribution in [1.82, 2.24) is 10.2 Å². The third kappa shape index (κ3) is 4.62. The van der Waals surface area contributed by atoms with Gasteiger partial charge in [0.2, 0.25) is 0 Å². The fourth-order valence-corrected chi connectivity index (χ4v) is 4.60. The van der Waals surface area contributed by atoms with Gasteiger partial charge in [-0.3, -0.25) is 4.99 Å². The fraction of sp³-hybridized carbons (Fsp3) is 0.333. The molecule has 1 unspecified atom stereocenters. The normalized spacial score (nSPS) is 16.5. The Bertz CT molecular complexity index is 1040. The summed E-state index contributed by atoms with van der Waals surface area (Å²) in [4.78, 5) is 19.1. The first-order chi connectivity index (χ1) is 15.5. The van der Waals surface area contributed by atoms with Crippen molar-refractivity contribution in [3.05, 3.63) is 95.2 Å². The summed E-state index contributed by atoms with van der Waals surface area (Å²) in [7, 11) is 0. The quantitative estimate of drug-likeness (QED) is 0.664. The maximum absolute atomic E-state index is 12.0. The van der Waals surface area contributed by atoms with Crippen LogP contribution in [0.3, 0.4) is 0 Å². The Hall–Kier alpha value is -3.34. The summed E-state index contributed by atoms with van der Waals surface area (Å²) in [6.45, 7) is 8.57. The molecule has 32 heavy (non-hydrogen) atoms. The Balaban J connectivity index is 1.60. The van der Waals surface area contributed by atoms with E-state index in [1.54, 1.807) is 0 Å². The highest BCUT2D eigenvalue weighted by molar-refractivity contribution is 6.01. The van der Waals surface area contributed by atoms with Crippen molar-refractivity contribution in [2.75, 3.05) is 26.2 Å². The van der Waals surface area contributed by atoms with Crippen molar-refractivity contribution in [1.29, 1.82) is 0 Å². The average molecular weight is 430 g/mol. The smallest absolute Gasteiger partial charge is 0.407 e. The van der Waals surface area contributed by atoms with Crippen LogP contribution < -0.4 is 5.32 Å². The SMILES string of the molecule is CCOC(=O)NCC(C)(C)C(C1=CCN2C(=C1)CN=C2c1ccccc1)c1ccccc1. The summed E-state index contributed by atoms with van der Waals surface area (Å²) in [5, 5.41) is 2.95. The minimum absolute atomic E-state index is 0.126. The van der Waals surface area contributed by atoms with Crippen LogP contribution in [0.2, 0.25) is 0 Å². The highest BCUT2D eigenvalue weighted by atomic mass is 16.5. The molecule has 0 saturated carbocycles. The summed E-state index contributed by atoms with van der Waals surface area (Å²) in [6.07, 6.45) is 4.22. The predicted octanol–water partition coefficient (Wildman–Crippen LogP) is 5.13. The number of allylic oxidation sites excluding steroid dienone is 2. The largest absolute Gasteiger partial charge is 0.450 e. The number of alkyl carbamates (subject to hydrolysis) is 1. The molecule has 0 saturated heterocycles. The van der Waals surface area contributed by atoms with Crippen LogP contribution in [0.4, 0.5) is 4.79 Å². The molecule has 0 bridgehead atoms. The maximum Gasteiger partial charge on any atom is 0.407 e. The molecule has 0 spiro atoms. The van der Waals surface area contributed by atoms with Crippen LogP contribution in [0.5, 0.6) is 0 Å². The van der Waals surface area contributed by atoms with Crippen LogP contribution in [0.15, 0.2) is 89.1 Å². The molecule has 2 aromatic rings. The van der Waals surface area contributed by atoms with E-state index in [9.17, 15) is 4.79 Å². The van der Waals surface area contributed by atoms with E-state index in [4.69, 9.17) is 9.73 Å². The highest BCUT2D eigenvalue weighted by Gasteiger charge is 2.36. The lowest BCUT2D eigenvalue weighted by atomic mass is 9.70. The number of nitrogens with zero attached hydrogens (tertiary/aromatic N) is 2. The van der Waals surface area contributed by atoms with Crippen molar-refractivity contribution in [2.45, 2.75) is 26.7 Å². The number of aliphatic imine (C=N–C) groups is 1. The lowest BCUT2D eigenvalue weighted by molar-refractivity contribution is 0.145. The minimum Gasteiger partial charge on any atom is -0.450 e. The molecule has 0 radical (unpaired) electrons.